The van der Waals surface area contributed by atoms with Gasteiger partial charge in [0.25, 0.3) is 0 Å². The van der Waals surface area contributed by atoms with Crippen LogP contribution >= 0.6 is 0 Å². The third-order valence-corrected chi connectivity index (χ3v) is 2.12. The molecule has 0 amide bonds. The van der Waals surface area contributed by atoms with E-state index in [2.05, 4.69) is 15.5 Å². The van der Waals surface area contributed by atoms with Gasteiger partial charge in [0.05, 0.1) is 24.1 Å². The third-order valence-electron chi connectivity index (χ3n) is 2.12. The van der Waals surface area contributed by atoms with Crippen LogP contribution in [-0.4, -0.2) is 19.6 Å². The van der Waals surface area contributed by atoms with Crippen molar-refractivity contribution in [3.8, 4) is 0 Å². The Morgan fingerprint density at radius 2 is 2.25 bits per heavy atom. The van der Waals surface area contributed by atoms with E-state index in [0.29, 0.717) is 10.4 Å². The highest BCUT2D eigenvalue weighted by atomic mass is 19.3. The minimum Gasteiger partial charge on any atom is -0.377 e. The maximum absolute atomic E-state index is 12.4. The van der Waals surface area contributed by atoms with Crippen LogP contribution in [0.5, 0.6) is 0 Å². The van der Waals surface area contributed by atoms with E-state index in [0.717, 1.165) is 5.69 Å². The first-order chi connectivity index (χ1) is 7.66. The summed E-state index contributed by atoms with van der Waals surface area (Å²) in [4.78, 5) is 0. The molecule has 1 N–H and O–H groups in total. The molecule has 16 heavy (non-hydrogen) atoms. The van der Waals surface area contributed by atoms with Gasteiger partial charge in [0.2, 0.25) is 0 Å². The number of aryl methyl sites for hydroxylation is 1. The molecule has 0 aromatic carbocycles. The van der Waals surface area contributed by atoms with Crippen molar-refractivity contribution in [1.29, 1.82) is 0 Å². The van der Waals surface area contributed by atoms with E-state index in [9.17, 15) is 8.78 Å². The van der Waals surface area contributed by atoms with Crippen LogP contribution in [0.15, 0.2) is 24.7 Å². The van der Waals surface area contributed by atoms with Gasteiger partial charge >= 0.3 is 6.55 Å². The minimum absolute atomic E-state index is 0.288. The van der Waals surface area contributed by atoms with Gasteiger partial charge in [0.15, 0.2) is 0 Å². The molecule has 86 valence electrons. The summed E-state index contributed by atoms with van der Waals surface area (Å²) in [5, 5.41) is 10.5. The Morgan fingerprint density at radius 3 is 2.88 bits per heavy atom. The molecule has 0 atom stereocenters. The predicted octanol–water partition coefficient (Wildman–Crippen LogP) is 1.62. The fraction of sp³-hybridized carbons (Fsp3) is 0.333. The lowest BCUT2D eigenvalue weighted by molar-refractivity contribution is 0.0537. The molecule has 0 aliphatic rings. The fourth-order valence-corrected chi connectivity index (χ4v) is 1.36. The molecule has 2 aromatic rings. The SMILES string of the molecule is Cn1cc(NCc2ccnn2C(F)F)cn1. The normalized spacial score (nSPS) is 11.0. The van der Waals surface area contributed by atoms with Crippen molar-refractivity contribution in [2.24, 2.45) is 7.05 Å². The topological polar surface area (TPSA) is 47.7 Å². The number of anilines is 1. The van der Waals surface area contributed by atoms with Crippen molar-refractivity contribution in [3.63, 3.8) is 0 Å². The standard InChI is InChI=1S/C9H11F2N5/c1-15-6-7(4-14-15)12-5-8-2-3-13-16(8)9(10)11/h2-4,6,9,12H,5H2,1H3. The number of hydrogen-bond donors (Lipinski definition) is 1. The van der Waals surface area contributed by atoms with Crippen molar-refractivity contribution >= 4 is 5.69 Å². The quantitative estimate of drug-likeness (QED) is 0.863. The van der Waals surface area contributed by atoms with E-state index in [1.54, 1.807) is 30.2 Å². The third kappa shape index (κ3) is 2.18. The number of aromatic nitrogens is 4. The first-order valence-corrected chi connectivity index (χ1v) is 4.70. The van der Waals surface area contributed by atoms with Crippen LogP contribution in [0.2, 0.25) is 0 Å². The maximum Gasteiger partial charge on any atom is 0.333 e. The van der Waals surface area contributed by atoms with Gasteiger partial charge in [-0.3, -0.25) is 4.68 Å². The molecule has 0 saturated carbocycles. The second kappa shape index (κ2) is 4.30. The fourth-order valence-electron chi connectivity index (χ4n) is 1.36. The van der Waals surface area contributed by atoms with Crippen LogP contribution in [0.1, 0.15) is 12.2 Å². The van der Waals surface area contributed by atoms with Crippen LogP contribution in [0.3, 0.4) is 0 Å². The monoisotopic (exact) mass is 227 g/mol. The number of alkyl halides is 2. The molecular formula is C9H11F2N5. The van der Waals surface area contributed by atoms with Gasteiger partial charge in [-0.05, 0) is 6.07 Å². The zero-order valence-electron chi connectivity index (χ0n) is 8.64. The van der Waals surface area contributed by atoms with E-state index in [-0.39, 0.29) is 6.54 Å². The van der Waals surface area contributed by atoms with Gasteiger partial charge in [0.1, 0.15) is 0 Å². The Balaban J connectivity index is 2.02. The summed E-state index contributed by atoms with van der Waals surface area (Å²) in [5.74, 6) is 0. The smallest absolute Gasteiger partial charge is 0.333 e. The number of hydrogen-bond acceptors (Lipinski definition) is 3. The summed E-state index contributed by atoms with van der Waals surface area (Å²) < 4.78 is 27.2. The lowest BCUT2D eigenvalue weighted by Gasteiger charge is -2.06. The molecule has 0 saturated heterocycles. The molecule has 0 fully saturated rings. The molecule has 0 aliphatic carbocycles. The van der Waals surface area contributed by atoms with E-state index in [1.807, 2.05) is 0 Å². The Hall–Kier alpha value is -1.92. The second-order valence-electron chi connectivity index (χ2n) is 3.30. The Labute approximate surface area is 90.7 Å². The van der Waals surface area contributed by atoms with Gasteiger partial charge in [-0.25, -0.2) is 4.68 Å². The number of halogens is 2. The van der Waals surface area contributed by atoms with Crippen LogP contribution in [-0.2, 0) is 13.6 Å². The molecule has 2 rings (SSSR count). The van der Waals surface area contributed by atoms with E-state index < -0.39 is 6.55 Å². The molecule has 2 heterocycles. The van der Waals surface area contributed by atoms with Crippen molar-refractivity contribution < 1.29 is 8.78 Å². The van der Waals surface area contributed by atoms with E-state index >= 15 is 0 Å². The zero-order chi connectivity index (χ0) is 11.5. The molecule has 7 heteroatoms. The summed E-state index contributed by atoms with van der Waals surface area (Å²) in [7, 11) is 1.79. The number of nitrogens with zero attached hydrogens (tertiary/aromatic N) is 4. The summed E-state index contributed by atoms with van der Waals surface area (Å²) in [5.41, 5.74) is 1.21. The Morgan fingerprint density at radius 1 is 1.44 bits per heavy atom. The Kier molecular flexibility index (Phi) is 2.84. The lowest BCUT2D eigenvalue weighted by Crippen LogP contribution is -2.09. The number of nitrogens with one attached hydrogen (secondary N) is 1. The van der Waals surface area contributed by atoms with Crippen LogP contribution in [0, 0.1) is 0 Å². The highest BCUT2D eigenvalue weighted by molar-refractivity contribution is 5.38. The lowest BCUT2D eigenvalue weighted by atomic mass is 10.4. The van der Waals surface area contributed by atoms with E-state index in [1.165, 1.54) is 6.20 Å². The van der Waals surface area contributed by atoms with E-state index in [4.69, 9.17) is 0 Å². The van der Waals surface area contributed by atoms with Gasteiger partial charge < -0.3 is 5.32 Å². The van der Waals surface area contributed by atoms with Gasteiger partial charge in [-0.15, -0.1) is 0 Å². The minimum atomic E-state index is -2.61. The molecule has 2 aromatic heterocycles. The van der Waals surface area contributed by atoms with Gasteiger partial charge in [0, 0.05) is 19.4 Å². The molecule has 5 nitrogen and oxygen atoms in total. The molecule has 0 bridgehead atoms. The Bertz CT molecular complexity index is 462. The molecular weight excluding hydrogens is 216 g/mol. The number of rotatable bonds is 4. The van der Waals surface area contributed by atoms with Crippen LogP contribution in [0.25, 0.3) is 0 Å². The first-order valence-electron chi connectivity index (χ1n) is 4.70. The highest BCUT2D eigenvalue weighted by Gasteiger charge is 2.11. The highest BCUT2D eigenvalue weighted by Crippen LogP contribution is 2.13. The summed E-state index contributed by atoms with van der Waals surface area (Å²) >= 11 is 0. The molecule has 0 unspecified atom stereocenters. The van der Waals surface area contributed by atoms with Crippen molar-refractivity contribution in [2.75, 3.05) is 5.32 Å². The summed E-state index contributed by atoms with van der Waals surface area (Å²) in [6.07, 6.45) is 4.75. The second-order valence-corrected chi connectivity index (χ2v) is 3.30. The predicted molar refractivity (Wildman–Crippen MR) is 54.0 cm³/mol. The van der Waals surface area contributed by atoms with Gasteiger partial charge in [-0.2, -0.15) is 19.0 Å². The zero-order valence-corrected chi connectivity index (χ0v) is 8.64. The van der Waals surface area contributed by atoms with Crippen LogP contribution < -0.4 is 5.32 Å². The van der Waals surface area contributed by atoms with Crippen LogP contribution in [0.4, 0.5) is 14.5 Å². The summed E-state index contributed by atoms with van der Waals surface area (Å²) in [6, 6.07) is 1.55. The summed E-state index contributed by atoms with van der Waals surface area (Å²) in [6.45, 7) is -2.32. The first kappa shape index (κ1) is 10.6. The maximum atomic E-state index is 12.4. The molecule has 0 radical (unpaired) electrons. The van der Waals surface area contributed by atoms with Crippen molar-refractivity contribution in [2.45, 2.75) is 13.1 Å². The average Bonchev–Trinajstić information content (AvgIpc) is 2.83. The van der Waals surface area contributed by atoms with Crippen molar-refractivity contribution in [1.82, 2.24) is 19.6 Å². The molecule has 0 spiro atoms. The van der Waals surface area contributed by atoms with Gasteiger partial charge in [-0.1, -0.05) is 0 Å². The largest absolute Gasteiger partial charge is 0.377 e. The van der Waals surface area contributed by atoms with Crippen molar-refractivity contribution in [3.05, 3.63) is 30.4 Å². The average molecular weight is 227 g/mol. The molecule has 0 aliphatic heterocycles.